The molecule has 3 nitrogen and oxygen atoms in total. The molecule has 0 spiro atoms. The van der Waals surface area contributed by atoms with E-state index in [9.17, 15) is 8.42 Å². The summed E-state index contributed by atoms with van der Waals surface area (Å²) in [6.45, 7) is 3.80. The number of alkyl halides is 1. The molecule has 6 heteroatoms. The van der Waals surface area contributed by atoms with Crippen molar-refractivity contribution in [3.05, 3.63) is 29.3 Å². The first-order chi connectivity index (χ1) is 7.88. The Hall–Kier alpha value is -0.100. The third kappa shape index (κ3) is 3.95. The van der Waals surface area contributed by atoms with Crippen molar-refractivity contribution in [2.24, 2.45) is 5.92 Å². The predicted molar refractivity (Wildman–Crippen MR) is 74.2 cm³/mol. The highest BCUT2D eigenvalue weighted by Crippen LogP contribution is 2.21. The van der Waals surface area contributed by atoms with Gasteiger partial charge in [-0.3, -0.25) is 0 Å². The molecule has 0 saturated carbocycles. The van der Waals surface area contributed by atoms with E-state index >= 15 is 0 Å². The average Bonchev–Trinajstić information content (AvgIpc) is 2.27. The first-order valence-corrected chi connectivity index (χ1v) is 8.19. The maximum atomic E-state index is 12.1. The quantitative estimate of drug-likeness (QED) is 0.837. The molecule has 0 saturated heterocycles. The summed E-state index contributed by atoms with van der Waals surface area (Å²) in [5.41, 5.74) is 0. The molecule has 0 aliphatic rings. The SMILES string of the molecule is CC(CBr)C(C)NS(=O)(=O)c1ccccc1Cl. The number of hydrogen-bond acceptors (Lipinski definition) is 2. The number of benzene rings is 1. The van der Waals surface area contributed by atoms with Gasteiger partial charge in [-0.2, -0.15) is 0 Å². The van der Waals surface area contributed by atoms with Crippen molar-refractivity contribution in [1.82, 2.24) is 4.72 Å². The predicted octanol–water partition coefficient (Wildman–Crippen LogP) is 3.04. The zero-order chi connectivity index (χ0) is 13.1. The lowest BCUT2D eigenvalue weighted by Crippen LogP contribution is -2.37. The summed E-state index contributed by atoms with van der Waals surface area (Å²) >= 11 is 9.21. The molecule has 0 amide bonds. The normalized spacial score (nSPS) is 15.5. The highest BCUT2D eigenvalue weighted by molar-refractivity contribution is 9.09. The van der Waals surface area contributed by atoms with Crippen LogP contribution >= 0.6 is 27.5 Å². The summed E-state index contributed by atoms with van der Waals surface area (Å²) in [5, 5.41) is 0.970. The van der Waals surface area contributed by atoms with Crippen LogP contribution < -0.4 is 4.72 Å². The van der Waals surface area contributed by atoms with E-state index in [2.05, 4.69) is 20.7 Å². The van der Waals surface area contributed by atoms with Gasteiger partial charge in [0.15, 0.2) is 0 Å². The van der Waals surface area contributed by atoms with Crippen LogP contribution in [0, 0.1) is 5.92 Å². The number of rotatable bonds is 5. The second-order valence-corrected chi connectivity index (χ2v) is 6.71. The largest absolute Gasteiger partial charge is 0.242 e. The van der Waals surface area contributed by atoms with Crippen molar-refractivity contribution in [3.8, 4) is 0 Å². The molecule has 0 fully saturated rings. The van der Waals surface area contributed by atoms with Gasteiger partial charge in [-0.25, -0.2) is 13.1 Å². The maximum absolute atomic E-state index is 12.1. The third-order valence-corrected chi connectivity index (χ3v) is 5.64. The van der Waals surface area contributed by atoms with E-state index in [-0.39, 0.29) is 21.9 Å². The fourth-order valence-corrected chi connectivity index (χ4v) is 3.65. The van der Waals surface area contributed by atoms with E-state index in [0.717, 1.165) is 5.33 Å². The van der Waals surface area contributed by atoms with Crippen molar-refractivity contribution in [2.75, 3.05) is 5.33 Å². The summed E-state index contributed by atoms with van der Waals surface area (Å²) in [6, 6.07) is 6.26. The molecule has 96 valence electrons. The van der Waals surface area contributed by atoms with Gasteiger partial charge < -0.3 is 0 Å². The van der Waals surface area contributed by atoms with Crippen LogP contribution in [0.25, 0.3) is 0 Å². The van der Waals surface area contributed by atoms with Gasteiger partial charge in [0.25, 0.3) is 0 Å². The molecule has 0 bridgehead atoms. The summed E-state index contributed by atoms with van der Waals surface area (Å²) in [4.78, 5) is 0.121. The Kier molecular flexibility index (Phi) is 5.44. The van der Waals surface area contributed by atoms with Crippen LogP contribution in [-0.2, 0) is 10.0 Å². The van der Waals surface area contributed by atoms with E-state index in [1.165, 1.54) is 6.07 Å². The van der Waals surface area contributed by atoms with Crippen LogP contribution in [-0.4, -0.2) is 19.8 Å². The Morgan fingerprint density at radius 3 is 2.47 bits per heavy atom. The van der Waals surface area contributed by atoms with Crippen LogP contribution in [0.1, 0.15) is 13.8 Å². The van der Waals surface area contributed by atoms with Gasteiger partial charge >= 0.3 is 0 Å². The summed E-state index contributed by atoms with van der Waals surface area (Å²) < 4.78 is 26.8. The maximum Gasteiger partial charge on any atom is 0.242 e. The summed E-state index contributed by atoms with van der Waals surface area (Å²) in [7, 11) is -3.55. The molecule has 1 N–H and O–H groups in total. The Balaban J connectivity index is 2.94. The topological polar surface area (TPSA) is 46.2 Å². The Bertz CT molecular complexity index is 478. The van der Waals surface area contributed by atoms with Gasteiger partial charge in [-0.1, -0.05) is 46.6 Å². The Morgan fingerprint density at radius 1 is 1.35 bits per heavy atom. The first-order valence-electron chi connectivity index (χ1n) is 5.21. The van der Waals surface area contributed by atoms with Gasteiger partial charge in [0.05, 0.1) is 5.02 Å². The fraction of sp³-hybridized carbons (Fsp3) is 0.455. The zero-order valence-corrected chi connectivity index (χ0v) is 12.8. The highest BCUT2D eigenvalue weighted by Gasteiger charge is 2.22. The smallest absolute Gasteiger partial charge is 0.208 e. The molecule has 0 heterocycles. The Labute approximate surface area is 116 Å². The van der Waals surface area contributed by atoms with Crippen molar-refractivity contribution >= 4 is 37.6 Å². The van der Waals surface area contributed by atoms with Gasteiger partial charge in [0.1, 0.15) is 4.90 Å². The van der Waals surface area contributed by atoms with Crippen molar-refractivity contribution in [3.63, 3.8) is 0 Å². The molecule has 1 rings (SSSR count). The molecule has 0 aliphatic carbocycles. The Morgan fingerprint density at radius 2 is 1.94 bits per heavy atom. The van der Waals surface area contributed by atoms with Gasteiger partial charge in [0, 0.05) is 11.4 Å². The van der Waals surface area contributed by atoms with Crippen LogP contribution in [0.5, 0.6) is 0 Å². The van der Waals surface area contributed by atoms with Crippen molar-refractivity contribution in [1.29, 1.82) is 0 Å². The first kappa shape index (κ1) is 15.0. The van der Waals surface area contributed by atoms with Crippen LogP contribution in [0.3, 0.4) is 0 Å². The standard InChI is InChI=1S/C11H15BrClNO2S/c1-8(7-12)9(2)14-17(15,16)11-6-4-3-5-10(11)13/h3-6,8-9,14H,7H2,1-2H3. The molecule has 0 aromatic heterocycles. The number of nitrogens with one attached hydrogen (secondary N) is 1. The molecule has 17 heavy (non-hydrogen) atoms. The van der Waals surface area contributed by atoms with E-state index in [1.807, 2.05) is 13.8 Å². The van der Waals surface area contributed by atoms with E-state index in [4.69, 9.17) is 11.6 Å². The zero-order valence-electron chi connectivity index (χ0n) is 9.65. The molecule has 1 aromatic carbocycles. The second-order valence-electron chi connectivity index (χ2n) is 3.97. The third-order valence-electron chi connectivity index (χ3n) is 2.56. The fourth-order valence-electron chi connectivity index (χ4n) is 1.22. The molecule has 2 unspecified atom stereocenters. The number of halogens is 2. The molecule has 0 aliphatic heterocycles. The van der Waals surface area contributed by atoms with E-state index in [1.54, 1.807) is 18.2 Å². The molecule has 0 radical (unpaired) electrons. The van der Waals surface area contributed by atoms with Crippen LogP contribution in [0.4, 0.5) is 0 Å². The average molecular weight is 341 g/mol. The van der Waals surface area contributed by atoms with Gasteiger partial charge in [-0.05, 0) is 25.0 Å². The summed E-state index contributed by atoms with van der Waals surface area (Å²) in [6.07, 6.45) is 0. The molecule has 1 aromatic rings. The monoisotopic (exact) mass is 339 g/mol. The van der Waals surface area contributed by atoms with Gasteiger partial charge in [0.2, 0.25) is 10.0 Å². The minimum absolute atomic E-state index is 0.121. The minimum atomic E-state index is -3.55. The molecular formula is C11H15BrClNO2S. The lowest BCUT2D eigenvalue weighted by molar-refractivity contribution is 0.484. The van der Waals surface area contributed by atoms with Crippen molar-refractivity contribution in [2.45, 2.75) is 24.8 Å². The molecular weight excluding hydrogens is 326 g/mol. The molecule has 2 atom stereocenters. The van der Waals surface area contributed by atoms with Crippen LogP contribution in [0.15, 0.2) is 29.2 Å². The summed E-state index contributed by atoms with van der Waals surface area (Å²) in [5.74, 6) is 0.201. The van der Waals surface area contributed by atoms with E-state index < -0.39 is 10.0 Å². The van der Waals surface area contributed by atoms with E-state index in [0.29, 0.717) is 0 Å². The highest BCUT2D eigenvalue weighted by atomic mass is 79.9. The second kappa shape index (κ2) is 6.18. The van der Waals surface area contributed by atoms with Crippen molar-refractivity contribution < 1.29 is 8.42 Å². The number of sulfonamides is 1. The minimum Gasteiger partial charge on any atom is -0.208 e. The van der Waals surface area contributed by atoms with Crippen LogP contribution in [0.2, 0.25) is 5.02 Å². The van der Waals surface area contributed by atoms with Gasteiger partial charge in [-0.15, -0.1) is 0 Å². The lowest BCUT2D eigenvalue weighted by Gasteiger charge is -2.19. The number of hydrogen-bond donors (Lipinski definition) is 1. The lowest BCUT2D eigenvalue weighted by atomic mass is 10.1.